The predicted octanol–water partition coefficient (Wildman–Crippen LogP) is 2.15. The highest BCUT2D eigenvalue weighted by Gasteiger charge is 2.13. The third kappa shape index (κ3) is 5.10. The highest BCUT2D eigenvalue weighted by atomic mass is 32.2. The van der Waals surface area contributed by atoms with Gasteiger partial charge in [0, 0.05) is 18.3 Å². The van der Waals surface area contributed by atoms with Gasteiger partial charge in [-0.1, -0.05) is 37.3 Å². The molecule has 0 saturated carbocycles. The molecule has 18 heavy (non-hydrogen) atoms. The Kier molecular flexibility index (Phi) is 6.83. The van der Waals surface area contributed by atoms with E-state index in [1.165, 1.54) is 11.8 Å². The van der Waals surface area contributed by atoms with Gasteiger partial charge in [0.15, 0.2) is 0 Å². The summed E-state index contributed by atoms with van der Waals surface area (Å²) in [6.07, 6.45) is 0. The van der Waals surface area contributed by atoms with Gasteiger partial charge in [0.2, 0.25) is 5.91 Å². The van der Waals surface area contributed by atoms with E-state index in [0.29, 0.717) is 18.8 Å². The van der Waals surface area contributed by atoms with Gasteiger partial charge in [-0.05, 0) is 12.5 Å². The molecule has 0 saturated heterocycles. The number of hydrogen-bond acceptors (Lipinski definition) is 3. The van der Waals surface area contributed by atoms with Crippen LogP contribution >= 0.6 is 11.8 Å². The number of aliphatic hydroxyl groups is 1. The molecule has 0 aliphatic rings. The maximum Gasteiger partial charge on any atom is 0.232 e. The summed E-state index contributed by atoms with van der Waals surface area (Å²) < 4.78 is 0. The number of benzene rings is 1. The van der Waals surface area contributed by atoms with Crippen molar-refractivity contribution < 1.29 is 9.90 Å². The Labute approximate surface area is 113 Å². The van der Waals surface area contributed by atoms with Crippen LogP contribution in [0.1, 0.15) is 19.4 Å². The van der Waals surface area contributed by atoms with Crippen molar-refractivity contribution in [2.24, 2.45) is 0 Å². The lowest BCUT2D eigenvalue weighted by atomic mass is 10.2. The molecular formula is C14H21NO2S. The molecule has 1 aromatic rings. The minimum absolute atomic E-state index is 0.114. The summed E-state index contributed by atoms with van der Waals surface area (Å²) in [7, 11) is 0. The molecule has 0 spiro atoms. The molecule has 1 N–H and O–H groups in total. The summed E-state index contributed by atoms with van der Waals surface area (Å²) in [6.45, 7) is 5.39. The molecule has 1 aromatic carbocycles. The summed E-state index contributed by atoms with van der Waals surface area (Å²) in [5.74, 6) is 0.564. The summed E-state index contributed by atoms with van der Waals surface area (Å²) in [4.78, 5) is 13.9. The second-order valence-electron chi connectivity index (χ2n) is 4.20. The normalized spacial score (nSPS) is 12.2. The minimum Gasteiger partial charge on any atom is -0.395 e. The fourth-order valence-corrected chi connectivity index (χ4v) is 2.25. The van der Waals surface area contributed by atoms with Crippen LogP contribution in [0.5, 0.6) is 0 Å². The SMILES string of the molecule is CCN(Cc1ccccc1)C(=O)CSC(C)CO. The number of carbonyl (C=O) groups is 1. The second kappa shape index (κ2) is 8.16. The van der Waals surface area contributed by atoms with E-state index in [9.17, 15) is 4.79 Å². The van der Waals surface area contributed by atoms with E-state index in [2.05, 4.69) is 0 Å². The number of thioether (sulfide) groups is 1. The molecule has 100 valence electrons. The predicted molar refractivity (Wildman–Crippen MR) is 76.5 cm³/mol. The molecule has 0 fully saturated rings. The fourth-order valence-electron chi connectivity index (χ4n) is 1.54. The van der Waals surface area contributed by atoms with E-state index in [0.717, 1.165) is 5.56 Å². The van der Waals surface area contributed by atoms with Crippen LogP contribution in [0.25, 0.3) is 0 Å². The first-order chi connectivity index (χ1) is 8.67. The van der Waals surface area contributed by atoms with Crippen LogP contribution in [-0.4, -0.2) is 40.1 Å². The molecule has 0 aliphatic heterocycles. The number of rotatable bonds is 7. The largest absolute Gasteiger partial charge is 0.395 e. The van der Waals surface area contributed by atoms with E-state index in [-0.39, 0.29) is 17.8 Å². The number of carbonyl (C=O) groups excluding carboxylic acids is 1. The van der Waals surface area contributed by atoms with Gasteiger partial charge in [-0.2, -0.15) is 0 Å². The molecule has 0 aliphatic carbocycles. The maximum atomic E-state index is 12.0. The molecule has 1 rings (SSSR count). The van der Waals surface area contributed by atoms with Crippen molar-refractivity contribution in [2.75, 3.05) is 18.9 Å². The molecular weight excluding hydrogens is 246 g/mol. The van der Waals surface area contributed by atoms with Crippen LogP contribution in [0.3, 0.4) is 0 Å². The van der Waals surface area contributed by atoms with Crippen LogP contribution < -0.4 is 0 Å². The Bertz CT molecular complexity index is 356. The third-order valence-corrected chi connectivity index (χ3v) is 3.83. The first-order valence-electron chi connectivity index (χ1n) is 6.21. The lowest BCUT2D eigenvalue weighted by Gasteiger charge is -2.21. The summed E-state index contributed by atoms with van der Waals surface area (Å²) >= 11 is 1.50. The number of hydrogen-bond donors (Lipinski definition) is 1. The van der Waals surface area contributed by atoms with E-state index >= 15 is 0 Å². The molecule has 0 heterocycles. The van der Waals surface area contributed by atoms with Gasteiger partial charge < -0.3 is 10.0 Å². The minimum atomic E-state index is 0.114. The second-order valence-corrected chi connectivity index (χ2v) is 5.62. The molecule has 3 nitrogen and oxygen atoms in total. The van der Waals surface area contributed by atoms with Crippen molar-refractivity contribution in [1.82, 2.24) is 4.90 Å². The molecule has 0 bridgehead atoms. The highest BCUT2D eigenvalue weighted by molar-refractivity contribution is 8.00. The smallest absolute Gasteiger partial charge is 0.232 e. The highest BCUT2D eigenvalue weighted by Crippen LogP contribution is 2.12. The van der Waals surface area contributed by atoms with E-state index < -0.39 is 0 Å². The van der Waals surface area contributed by atoms with Gasteiger partial charge in [0.05, 0.1) is 12.4 Å². The average molecular weight is 267 g/mol. The molecule has 1 atom stereocenters. The maximum absolute atomic E-state index is 12.0. The average Bonchev–Trinajstić information content (AvgIpc) is 2.42. The molecule has 0 radical (unpaired) electrons. The lowest BCUT2D eigenvalue weighted by Crippen LogP contribution is -2.32. The lowest BCUT2D eigenvalue weighted by molar-refractivity contribution is -0.128. The van der Waals surface area contributed by atoms with E-state index in [1.807, 2.05) is 49.1 Å². The fraction of sp³-hybridized carbons (Fsp3) is 0.500. The first-order valence-corrected chi connectivity index (χ1v) is 7.26. The number of amides is 1. The summed E-state index contributed by atoms with van der Waals surface area (Å²) in [6, 6.07) is 9.99. The van der Waals surface area contributed by atoms with Crippen molar-refractivity contribution in [1.29, 1.82) is 0 Å². The van der Waals surface area contributed by atoms with Gasteiger partial charge in [0.25, 0.3) is 0 Å². The monoisotopic (exact) mass is 267 g/mol. The summed E-state index contributed by atoms with van der Waals surface area (Å²) in [5, 5.41) is 9.05. The Balaban J connectivity index is 2.48. The molecule has 4 heteroatoms. The zero-order valence-corrected chi connectivity index (χ0v) is 11.8. The van der Waals surface area contributed by atoms with Gasteiger partial charge in [0.1, 0.15) is 0 Å². The first kappa shape index (κ1) is 15.1. The third-order valence-electron chi connectivity index (χ3n) is 2.70. The van der Waals surface area contributed by atoms with Gasteiger partial charge >= 0.3 is 0 Å². The van der Waals surface area contributed by atoms with Crippen molar-refractivity contribution >= 4 is 17.7 Å². The number of aliphatic hydroxyl groups excluding tert-OH is 1. The summed E-state index contributed by atoms with van der Waals surface area (Å²) in [5.41, 5.74) is 1.15. The quantitative estimate of drug-likeness (QED) is 0.823. The van der Waals surface area contributed by atoms with Crippen molar-refractivity contribution in [3.63, 3.8) is 0 Å². The van der Waals surface area contributed by atoms with E-state index in [4.69, 9.17) is 5.11 Å². The zero-order chi connectivity index (χ0) is 13.4. The van der Waals surface area contributed by atoms with Crippen LogP contribution in [-0.2, 0) is 11.3 Å². The zero-order valence-electron chi connectivity index (χ0n) is 11.0. The van der Waals surface area contributed by atoms with Crippen LogP contribution in [0, 0.1) is 0 Å². The van der Waals surface area contributed by atoms with Crippen LogP contribution in [0.4, 0.5) is 0 Å². The molecule has 1 unspecified atom stereocenters. The van der Waals surface area contributed by atoms with E-state index in [1.54, 1.807) is 0 Å². The van der Waals surface area contributed by atoms with Crippen molar-refractivity contribution in [3.05, 3.63) is 35.9 Å². The van der Waals surface area contributed by atoms with Gasteiger partial charge in [-0.3, -0.25) is 4.79 Å². The Morgan fingerprint density at radius 1 is 1.39 bits per heavy atom. The molecule has 1 amide bonds. The molecule has 0 aromatic heterocycles. The standard InChI is InChI=1S/C14H21NO2S/c1-3-15(9-13-7-5-4-6-8-13)14(17)11-18-12(2)10-16/h4-8,12,16H,3,9-11H2,1-2H3. The van der Waals surface area contributed by atoms with Crippen molar-refractivity contribution in [2.45, 2.75) is 25.6 Å². The Hall–Kier alpha value is -1.00. The number of nitrogens with zero attached hydrogens (tertiary/aromatic N) is 1. The van der Waals surface area contributed by atoms with Crippen LogP contribution in [0.15, 0.2) is 30.3 Å². The van der Waals surface area contributed by atoms with Gasteiger partial charge in [-0.15, -0.1) is 11.8 Å². The van der Waals surface area contributed by atoms with Crippen molar-refractivity contribution in [3.8, 4) is 0 Å². The topological polar surface area (TPSA) is 40.5 Å². The van der Waals surface area contributed by atoms with Gasteiger partial charge in [-0.25, -0.2) is 0 Å². The van der Waals surface area contributed by atoms with Crippen LogP contribution in [0.2, 0.25) is 0 Å². The Morgan fingerprint density at radius 2 is 2.06 bits per heavy atom. The Morgan fingerprint density at radius 3 is 2.61 bits per heavy atom.